The van der Waals surface area contributed by atoms with Crippen LogP contribution in [0.25, 0.3) is 0 Å². The lowest BCUT2D eigenvalue weighted by Gasteiger charge is -2.27. The summed E-state index contributed by atoms with van der Waals surface area (Å²) in [6, 6.07) is 19.4. The molecule has 0 saturated heterocycles. The molecule has 61 heavy (non-hydrogen) atoms. The number of benzene rings is 3. The molecule has 12 nitrogen and oxygen atoms in total. The number of aliphatic hydroxyl groups is 1. The average Bonchev–Trinajstić information content (AvgIpc) is 3.56. The Morgan fingerprint density at radius 3 is 2.10 bits per heavy atom. The van der Waals surface area contributed by atoms with Crippen LogP contribution in [0, 0.1) is 0 Å². The van der Waals surface area contributed by atoms with Gasteiger partial charge in [-0.15, -0.1) is 0 Å². The molecule has 3 aromatic rings. The molecule has 0 unspecified atom stereocenters. The van der Waals surface area contributed by atoms with Crippen LogP contribution in [0.5, 0.6) is 17.2 Å². The van der Waals surface area contributed by atoms with Crippen LogP contribution in [-0.4, -0.2) is 80.1 Å². The molecule has 328 valence electrons. The third-order valence-corrected chi connectivity index (χ3v) is 13.5. The third-order valence-electron chi connectivity index (χ3n) is 11.9. The first-order valence-corrected chi connectivity index (χ1v) is 23.9. The van der Waals surface area contributed by atoms with Crippen LogP contribution in [0.4, 0.5) is 11.4 Å². The number of rotatable bonds is 18. The van der Waals surface area contributed by atoms with Crippen molar-refractivity contribution in [2.75, 3.05) is 43.7 Å². The van der Waals surface area contributed by atoms with E-state index in [1.165, 1.54) is 0 Å². The van der Waals surface area contributed by atoms with Gasteiger partial charge in [0.05, 0.1) is 42.1 Å². The van der Waals surface area contributed by atoms with E-state index in [1.807, 2.05) is 60.7 Å². The summed E-state index contributed by atoms with van der Waals surface area (Å²) in [6.07, 6.45) is 12.5. The van der Waals surface area contributed by atoms with Crippen molar-refractivity contribution in [2.24, 2.45) is 0 Å². The zero-order valence-electron chi connectivity index (χ0n) is 35.9. The Hall–Kier alpha value is -4.73. The largest absolute Gasteiger partial charge is 0.748 e. The van der Waals surface area contributed by atoms with E-state index in [4.69, 9.17) is 14.2 Å². The second-order valence-corrected chi connectivity index (χ2v) is 20.0. The van der Waals surface area contributed by atoms with Gasteiger partial charge in [-0.3, -0.25) is 4.55 Å². The minimum absolute atomic E-state index is 0.0854. The predicted molar refractivity (Wildman–Crippen MR) is 238 cm³/mol. The van der Waals surface area contributed by atoms with E-state index in [2.05, 4.69) is 61.5 Å². The molecular formula is C47H58N2O10S2. The molecule has 2 heterocycles. The number of ether oxygens (including phenoxy) is 3. The topological polar surface area (TPSA) is 166 Å². The minimum atomic E-state index is -4.32. The number of hydrogen-bond donors (Lipinski definition) is 2. The van der Waals surface area contributed by atoms with Crippen LogP contribution in [0.15, 0.2) is 108 Å². The monoisotopic (exact) mass is 874 g/mol. The molecule has 1 aliphatic carbocycles. The van der Waals surface area contributed by atoms with Crippen LogP contribution in [0.2, 0.25) is 0 Å². The van der Waals surface area contributed by atoms with E-state index in [1.54, 1.807) is 14.2 Å². The Bertz CT molecular complexity index is 2500. The van der Waals surface area contributed by atoms with Crippen LogP contribution in [-0.2, 0) is 37.7 Å². The van der Waals surface area contributed by atoms with Gasteiger partial charge in [-0.05, 0) is 129 Å². The highest BCUT2D eigenvalue weighted by Crippen LogP contribution is 2.49. The standard InChI is InChI=1S/C47H58N2O10S2/c1-46(2)39-30-37(57-5)20-22-41(39)48(26-7-9-28-60(51,52)53)43(46)24-16-34-12-11-13-35(45(34)59-36-18-14-33(32-50)15-19-36)17-25-44-47(3,4)40-31-38(58-6)21-23-42(40)49(44)27-8-10-29-61(54,55)56/h14-25,30-31,50H,7-13,26-29,32H2,1-6H3,(H-,51,52,53,54,55,56). The first-order valence-electron chi connectivity index (χ1n) is 20.7. The number of methoxy groups -OCH3 is 2. The van der Waals surface area contributed by atoms with Crippen molar-refractivity contribution >= 4 is 37.3 Å². The van der Waals surface area contributed by atoms with E-state index in [0.717, 1.165) is 87.1 Å². The highest BCUT2D eigenvalue weighted by Gasteiger charge is 2.45. The zero-order valence-corrected chi connectivity index (χ0v) is 37.6. The molecule has 0 fully saturated rings. The van der Waals surface area contributed by atoms with E-state index >= 15 is 0 Å². The molecule has 3 aliphatic rings. The first-order chi connectivity index (χ1) is 28.9. The van der Waals surface area contributed by atoms with Gasteiger partial charge in [0.1, 0.15) is 29.6 Å². The summed E-state index contributed by atoms with van der Waals surface area (Å²) in [5.74, 6) is 2.12. The lowest BCUT2D eigenvalue weighted by molar-refractivity contribution is -0.438. The van der Waals surface area contributed by atoms with Crippen molar-refractivity contribution < 1.29 is 49.8 Å². The summed E-state index contributed by atoms with van der Waals surface area (Å²) in [7, 11) is -5.12. The van der Waals surface area contributed by atoms with E-state index in [9.17, 15) is 31.0 Å². The molecule has 3 aromatic carbocycles. The molecule has 0 atom stereocenters. The number of allylic oxidation sites excluding steroid dienone is 7. The molecule has 0 saturated carbocycles. The summed E-state index contributed by atoms with van der Waals surface area (Å²) in [4.78, 5) is 2.21. The Balaban J connectivity index is 1.43. The van der Waals surface area contributed by atoms with Crippen LogP contribution in [0.1, 0.15) is 89.3 Å². The number of fused-ring (bicyclic) bond motifs is 2. The molecule has 2 N–H and O–H groups in total. The van der Waals surface area contributed by atoms with E-state index in [-0.39, 0.29) is 18.8 Å². The number of nitrogens with zero attached hydrogens (tertiary/aromatic N) is 2. The Morgan fingerprint density at radius 2 is 1.44 bits per heavy atom. The summed E-state index contributed by atoms with van der Waals surface area (Å²) in [5, 5.41) is 9.73. The smallest absolute Gasteiger partial charge is 0.264 e. The lowest BCUT2D eigenvalue weighted by atomic mass is 9.81. The highest BCUT2D eigenvalue weighted by molar-refractivity contribution is 7.85. The lowest BCUT2D eigenvalue weighted by Crippen LogP contribution is -2.28. The SMILES string of the molecule is COc1ccc2c(c1)C(C)(C)C(/C=C\C1=C(Oc3ccc(CO)cc3)C(=C\C=C3/N(CCCCS(=O)(=O)[O-])c4ccc(OC)cc4C3(C)C)/CCC1)=[N+]2CCCCS(=O)(=O)O. The molecular weight excluding hydrogens is 817 g/mol. The van der Waals surface area contributed by atoms with Crippen molar-refractivity contribution in [3.8, 4) is 17.2 Å². The fraction of sp³-hybridized carbons (Fsp3) is 0.426. The second kappa shape index (κ2) is 18.7. The molecule has 2 aliphatic heterocycles. The van der Waals surface area contributed by atoms with Gasteiger partial charge in [0, 0.05) is 53.2 Å². The van der Waals surface area contributed by atoms with Gasteiger partial charge >= 0.3 is 0 Å². The second-order valence-electron chi connectivity index (χ2n) is 16.9. The molecule has 6 rings (SSSR count). The van der Waals surface area contributed by atoms with Crippen LogP contribution < -0.4 is 19.1 Å². The highest BCUT2D eigenvalue weighted by atomic mass is 32.2. The third kappa shape index (κ3) is 10.7. The number of hydrogen-bond acceptors (Lipinski definition) is 10. The van der Waals surface area contributed by atoms with Crippen LogP contribution >= 0.6 is 0 Å². The fourth-order valence-electron chi connectivity index (χ4n) is 8.64. The zero-order chi connectivity index (χ0) is 44.2. The Kier molecular flexibility index (Phi) is 14.0. The Morgan fingerprint density at radius 1 is 0.787 bits per heavy atom. The van der Waals surface area contributed by atoms with Gasteiger partial charge < -0.3 is 28.8 Å². The quantitative estimate of drug-likeness (QED) is 0.0718. The van der Waals surface area contributed by atoms with Gasteiger partial charge in [0.25, 0.3) is 10.1 Å². The maximum absolute atomic E-state index is 11.5. The normalized spacial score (nSPS) is 18.7. The summed E-state index contributed by atoms with van der Waals surface area (Å²) < 4.78 is 86.9. The summed E-state index contributed by atoms with van der Waals surface area (Å²) in [5.41, 5.74) is 8.11. The molecule has 0 aromatic heterocycles. The van der Waals surface area contributed by atoms with Gasteiger partial charge in [-0.1, -0.05) is 32.1 Å². The fourth-order valence-corrected chi connectivity index (χ4v) is 9.77. The van der Waals surface area contributed by atoms with Crippen molar-refractivity contribution in [2.45, 2.75) is 90.1 Å². The van der Waals surface area contributed by atoms with E-state index < -0.39 is 36.8 Å². The molecule has 0 spiro atoms. The van der Waals surface area contributed by atoms with Gasteiger partial charge in [-0.25, -0.2) is 8.42 Å². The maximum Gasteiger partial charge on any atom is 0.264 e. The number of unbranched alkanes of at least 4 members (excludes halogenated alkanes) is 2. The molecule has 0 radical (unpaired) electrons. The minimum Gasteiger partial charge on any atom is -0.748 e. The number of aliphatic hydroxyl groups excluding tert-OH is 1. The summed E-state index contributed by atoms with van der Waals surface area (Å²) in [6.45, 7) is 9.63. The molecule has 14 heteroatoms. The Labute approximate surface area is 361 Å². The average molecular weight is 875 g/mol. The number of anilines is 1. The van der Waals surface area contributed by atoms with Crippen molar-refractivity contribution in [3.05, 3.63) is 124 Å². The van der Waals surface area contributed by atoms with Gasteiger partial charge in [-0.2, -0.15) is 13.0 Å². The molecule has 0 bridgehead atoms. The summed E-state index contributed by atoms with van der Waals surface area (Å²) >= 11 is 0. The van der Waals surface area contributed by atoms with Gasteiger partial charge in [0.2, 0.25) is 5.69 Å². The van der Waals surface area contributed by atoms with Crippen molar-refractivity contribution in [1.29, 1.82) is 0 Å². The first kappa shape index (κ1) is 45.8. The maximum atomic E-state index is 11.5. The predicted octanol–water partition coefficient (Wildman–Crippen LogP) is 8.25. The van der Waals surface area contributed by atoms with Crippen LogP contribution in [0.3, 0.4) is 0 Å². The van der Waals surface area contributed by atoms with E-state index in [0.29, 0.717) is 38.1 Å². The molecule has 0 amide bonds. The van der Waals surface area contributed by atoms with Gasteiger partial charge in [0.15, 0.2) is 5.71 Å². The van der Waals surface area contributed by atoms with Crippen molar-refractivity contribution in [1.82, 2.24) is 0 Å². The van der Waals surface area contributed by atoms with Crippen molar-refractivity contribution in [3.63, 3.8) is 0 Å².